The molecule has 0 amide bonds. The highest BCUT2D eigenvalue weighted by Gasteiger charge is 2.02. The maximum absolute atomic E-state index is 12.7. The Morgan fingerprint density at radius 3 is 2.81 bits per heavy atom. The molecule has 0 saturated carbocycles. The summed E-state index contributed by atoms with van der Waals surface area (Å²) in [6.07, 6.45) is 1.39. The zero-order valence-electron chi connectivity index (χ0n) is 8.58. The summed E-state index contributed by atoms with van der Waals surface area (Å²) in [4.78, 5) is 10.2. The number of halogens is 2. The number of ether oxygens (including phenoxy) is 1. The van der Waals surface area contributed by atoms with Gasteiger partial charge in [0.2, 0.25) is 0 Å². The lowest BCUT2D eigenvalue weighted by Crippen LogP contribution is -2.00. The van der Waals surface area contributed by atoms with Gasteiger partial charge in [-0.3, -0.25) is 4.79 Å². The Bertz CT molecular complexity index is 368. The maximum Gasteiger partial charge on any atom is 0.303 e. The quantitative estimate of drug-likeness (QED) is 0.818. The minimum Gasteiger partial charge on any atom is -0.492 e. The number of carboxylic acids is 1. The number of hydrogen-bond donors (Lipinski definition) is 1. The zero-order chi connectivity index (χ0) is 12.0. The summed E-state index contributed by atoms with van der Waals surface area (Å²) in [5, 5.41) is 8.41. The number of benzene rings is 1. The van der Waals surface area contributed by atoms with Gasteiger partial charge in [0, 0.05) is 6.42 Å². The van der Waals surface area contributed by atoms with Gasteiger partial charge in [0.15, 0.2) is 0 Å². The van der Waals surface area contributed by atoms with Crippen molar-refractivity contribution in [1.29, 1.82) is 0 Å². The molecule has 5 heteroatoms. The third-order valence-electron chi connectivity index (χ3n) is 1.94. The van der Waals surface area contributed by atoms with E-state index in [9.17, 15) is 9.18 Å². The SMILES string of the molecule is O=C(O)CCCCOc1ccc(F)cc1Br. The minimum absolute atomic E-state index is 0.147. The first kappa shape index (κ1) is 13.0. The molecule has 1 aromatic rings. The molecule has 0 saturated heterocycles. The van der Waals surface area contributed by atoms with E-state index in [1.54, 1.807) is 0 Å². The van der Waals surface area contributed by atoms with Gasteiger partial charge < -0.3 is 9.84 Å². The van der Waals surface area contributed by atoms with Crippen molar-refractivity contribution < 1.29 is 19.0 Å². The van der Waals surface area contributed by atoms with Crippen molar-refractivity contribution in [3.8, 4) is 5.75 Å². The Labute approximate surface area is 101 Å². The number of rotatable bonds is 6. The van der Waals surface area contributed by atoms with Gasteiger partial charge in [-0.1, -0.05) is 0 Å². The Kier molecular flexibility index (Phi) is 5.25. The topological polar surface area (TPSA) is 46.5 Å². The molecule has 0 atom stereocenters. The molecule has 0 bridgehead atoms. The lowest BCUT2D eigenvalue weighted by molar-refractivity contribution is -0.137. The van der Waals surface area contributed by atoms with Crippen LogP contribution in [0.25, 0.3) is 0 Å². The fourth-order valence-corrected chi connectivity index (χ4v) is 1.62. The zero-order valence-corrected chi connectivity index (χ0v) is 10.2. The molecular formula is C11H12BrFO3. The normalized spacial score (nSPS) is 10.1. The third kappa shape index (κ3) is 4.61. The first-order valence-corrected chi connectivity index (χ1v) is 5.68. The van der Waals surface area contributed by atoms with Crippen molar-refractivity contribution in [1.82, 2.24) is 0 Å². The van der Waals surface area contributed by atoms with Crippen LogP contribution in [0.2, 0.25) is 0 Å². The van der Waals surface area contributed by atoms with Crippen LogP contribution in [-0.2, 0) is 4.79 Å². The molecule has 1 aromatic carbocycles. The molecule has 0 unspecified atom stereocenters. The molecule has 0 heterocycles. The second-order valence-electron chi connectivity index (χ2n) is 3.27. The number of hydrogen-bond acceptors (Lipinski definition) is 2. The van der Waals surface area contributed by atoms with Crippen LogP contribution in [-0.4, -0.2) is 17.7 Å². The summed E-state index contributed by atoms with van der Waals surface area (Å²) < 4.78 is 18.7. The number of carbonyl (C=O) groups is 1. The molecule has 1 N–H and O–H groups in total. The summed E-state index contributed by atoms with van der Waals surface area (Å²) in [5.74, 6) is -0.565. The molecule has 88 valence electrons. The van der Waals surface area contributed by atoms with Gasteiger partial charge >= 0.3 is 5.97 Å². The molecule has 0 radical (unpaired) electrons. The van der Waals surface area contributed by atoms with Crippen LogP contribution in [0.5, 0.6) is 5.75 Å². The fourth-order valence-electron chi connectivity index (χ4n) is 1.15. The minimum atomic E-state index is -0.803. The van der Waals surface area contributed by atoms with Crippen LogP contribution in [0.4, 0.5) is 4.39 Å². The molecule has 16 heavy (non-hydrogen) atoms. The van der Waals surface area contributed by atoms with Gasteiger partial charge in [0.05, 0.1) is 11.1 Å². The molecule has 3 nitrogen and oxygen atoms in total. The molecule has 0 spiro atoms. The van der Waals surface area contributed by atoms with E-state index in [2.05, 4.69) is 15.9 Å². The average Bonchev–Trinajstić information content (AvgIpc) is 2.20. The van der Waals surface area contributed by atoms with Crippen molar-refractivity contribution >= 4 is 21.9 Å². The number of unbranched alkanes of at least 4 members (excludes halogenated alkanes) is 1. The van der Waals surface area contributed by atoms with Crippen molar-refractivity contribution in [2.24, 2.45) is 0 Å². The smallest absolute Gasteiger partial charge is 0.303 e. The highest BCUT2D eigenvalue weighted by Crippen LogP contribution is 2.25. The summed E-state index contributed by atoms with van der Waals surface area (Å²) in [5.41, 5.74) is 0. The Morgan fingerprint density at radius 2 is 2.19 bits per heavy atom. The first-order chi connectivity index (χ1) is 7.59. The monoisotopic (exact) mass is 290 g/mol. The van der Waals surface area contributed by atoms with E-state index in [1.807, 2.05) is 0 Å². The molecule has 0 aliphatic carbocycles. The Balaban J connectivity index is 2.29. The second-order valence-corrected chi connectivity index (χ2v) is 4.13. The van der Waals surface area contributed by atoms with Crippen LogP contribution in [0.15, 0.2) is 22.7 Å². The van der Waals surface area contributed by atoms with Crippen LogP contribution >= 0.6 is 15.9 Å². The van der Waals surface area contributed by atoms with Gasteiger partial charge in [-0.2, -0.15) is 0 Å². The van der Waals surface area contributed by atoms with E-state index in [1.165, 1.54) is 18.2 Å². The Morgan fingerprint density at radius 1 is 1.44 bits per heavy atom. The highest BCUT2D eigenvalue weighted by atomic mass is 79.9. The van der Waals surface area contributed by atoms with Crippen molar-refractivity contribution in [3.63, 3.8) is 0 Å². The number of aliphatic carboxylic acids is 1. The summed E-state index contributed by atoms with van der Waals surface area (Å²) in [6.45, 7) is 0.428. The predicted octanol–water partition coefficient (Wildman–Crippen LogP) is 3.22. The number of carboxylic acid groups (broad SMARTS) is 1. The van der Waals surface area contributed by atoms with E-state index >= 15 is 0 Å². The van der Waals surface area contributed by atoms with E-state index < -0.39 is 5.97 Å². The van der Waals surface area contributed by atoms with Gasteiger partial charge in [-0.15, -0.1) is 0 Å². The maximum atomic E-state index is 12.7. The van der Waals surface area contributed by atoms with Crippen molar-refractivity contribution in [3.05, 3.63) is 28.5 Å². The third-order valence-corrected chi connectivity index (χ3v) is 2.56. The molecule has 0 fully saturated rings. The van der Waals surface area contributed by atoms with E-state index in [-0.39, 0.29) is 12.2 Å². The largest absolute Gasteiger partial charge is 0.492 e. The van der Waals surface area contributed by atoms with E-state index in [4.69, 9.17) is 9.84 Å². The summed E-state index contributed by atoms with van der Waals surface area (Å²) in [6, 6.07) is 4.18. The molecule has 1 rings (SSSR count). The first-order valence-electron chi connectivity index (χ1n) is 4.89. The standard InChI is InChI=1S/C11H12BrFO3/c12-9-7-8(13)4-5-10(9)16-6-2-1-3-11(14)15/h4-5,7H,1-3,6H2,(H,14,15). The van der Waals surface area contributed by atoms with Crippen LogP contribution in [0, 0.1) is 5.82 Å². The summed E-state index contributed by atoms with van der Waals surface area (Å²) in [7, 11) is 0. The van der Waals surface area contributed by atoms with E-state index in [0.29, 0.717) is 29.7 Å². The van der Waals surface area contributed by atoms with Gasteiger partial charge in [0.25, 0.3) is 0 Å². The van der Waals surface area contributed by atoms with Crippen LogP contribution in [0.1, 0.15) is 19.3 Å². The van der Waals surface area contributed by atoms with Crippen molar-refractivity contribution in [2.75, 3.05) is 6.61 Å². The predicted molar refractivity (Wildman–Crippen MR) is 61.1 cm³/mol. The fraction of sp³-hybridized carbons (Fsp3) is 0.364. The average molecular weight is 291 g/mol. The Hall–Kier alpha value is -1.10. The van der Waals surface area contributed by atoms with E-state index in [0.717, 1.165) is 0 Å². The highest BCUT2D eigenvalue weighted by molar-refractivity contribution is 9.10. The van der Waals surface area contributed by atoms with Gasteiger partial charge in [-0.25, -0.2) is 4.39 Å². The van der Waals surface area contributed by atoms with Crippen LogP contribution < -0.4 is 4.74 Å². The summed E-state index contributed by atoms with van der Waals surface area (Å²) >= 11 is 3.18. The lowest BCUT2D eigenvalue weighted by atomic mass is 10.2. The molecule has 0 aliphatic heterocycles. The molecule has 0 aromatic heterocycles. The van der Waals surface area contributed by atoms with Gasteiger partial charge in [0.1, 0.15) is 11.6 Å². The van der Waals surface area contributed by atoms with Crippen molar-refractivity contribution in [2.45, 2.75) is 19.3 Å². The van der Waals surface area contributed by atoms with Crippen LogP contribution in [0.3, 0.4) is 0 Å². The molecular weight excluding hydrogens is 279 g/mol. The van der Waals surface area contributed by atoms with Gasteiger partial charge in [-0.05, 0) is 47.0 Å². The second kappa shape index (κ2) is 6.48. The molecule has 0 aliphatic rings. The lowest BCUT2D eigenvalue weighted by Gasteiger charge is -2.07.